The van der Waals surface area contributed by atoms with Gasteiger partial charge in [-0.1, -0.05) is 6.92 Å². The van der Waals surface area contributed by atoms with Crippen LogP contribution in [0.15, 0.2) is 35.2 Å². The monoisotopic (exact) mass is 293 g/mol. The van der Waals surface area contributed by atoms with E-state index in [4.69, 9.17) is 0 Å². The third-order valence-electron chi connectivity index (χ3n) is 2.36. The highest BCUT2D eigenvalue weighted by Crippen LogP contribution is 2.16. The molecule has 0 spiro atoms. The van der Waals surface area contributed by atoms with Crippen LogP contribution in [0.25, 0.3) is 0 Å². The standard InChI is InChI=1S/C12H12BrN3O/c1-2-7-16-8-6-15-12(16)11(17)10-9(13)4-3-5-14-10/h3-6,8H,2,7H2,1H3. The zero-order chi connectivity index (χ0) is 12.3. The maximum atomic E-state index is 12.2. The number of imidazole rings is 1. The first-order valence-corrected chi connectivity index (χ1v) is 6.19. The minimum atomic E-state index is -0.157. The normalized spacial score (nSPS) is 10.5. The number of nitrogens with zero attached hydrogens (tertiary/aromatic N) is 3. The van der Waals surface area contributed by atoms with Crippen molar-refractivity contribution >= 4 is 21.7 Å². The molecular formula is C12H12BrN3O. The molecule has 0 N–H and O–H groups in total. The van der Waals surface area contributed by atoms with Gasteiger partial charge in [-0.25, -0.2) is 4.98 Å². The van der Waals surface area contributed by atoms with Crippen LogP contribution in [0.2, 0.25) is 0 Å². The number of halogens is 1. The molecule has 5 heteroatoms. The minimum absolute atomic E-state index is 0.157. The van der Waals surface area contributed by atoms with Crippen molar-refractivity contribution in [3.05, 3.63) is 46.7 Å². The second-order valence-electron chi connectivity index (χ2n) is 3.61. The Morgan fingerprint density at radius 2 is 2.24 bits per heavy atom. The predicted octanol–water partition coefficient (Wildman–Crippen LogP) is 2.68. The van der Waals surface area contributed by atoms with Gasteiger partial charge in [0.1, 0.15) is 5.69 Å². The molecule has 2 aromatic heterocycles. The van der Waals surface area contributed by atoms with Crippen LogP contribution in [-0.4, -0.2) is 20.3 Å². The number of carbonyl (C=O) groups is 1. The molecule has 0 saturated heterocycles. The van der Waals surface area contributed by atoms with Crippen LogP contribution in [0.4, 0.5) is 0 Å². The molecular weight excluding hydrogens is 282 g/mol. The molecule has 88 valence electrons. The van der Waals surface area contributed by atoms with Gasteiger partial charge < -0.3 is 4.57 Å². The number of hydrogen-bond donors (Lipinski definition) is 0. The van der Waals surface area contributed by atoms with E-state index in [1.54, 1.807) is 24.5 Å². The predicted molar refractivity (Wildman–Crippen MR) is 67.9 cm³/mol. The number of carbonyl (C=O) groups excluding carboxylic acids is 1. The second-order valence-corrected chi connectivity index (χ2v) is 4.46. The molecule has 0 aliphatic rings. The van der Waals surface area contributed by atoms with Crippen LogP contribution in [0.3, 0.4) is 0 Å². The molecule has 2 heterocycles. The summed E-state index contributed by atoms with van der Waals surface area (Å²) in [5, 5.41) is 0. The van der Waals surface area contributed by atoms with E-state index >= 15 is 0 Å². The van der Waals surface area contributed by atoms with Crippen molar-refractivity contribution in [3.8, 4) is 0 Å². The molecule has 0 atom stereocenters. The minimum Gasteiger partial charge on any atom is -0.328 e. The Kier molecular flexibility index (Phi) is 3.68. The van der Waals surface area contributed by atoms with E-state index in [1.807, 2.05) is 10.8 Å². The topological polar surface area (TPSA) is 47.8 Å². The summed E-state index contributed by atoms with van der Waals surface area (Å²) in [6.45, 7) is 2.84. The fourth-order valence-electron chi connectivity index (χ4n) is 1.60. The highest BCUT2D eigenvalue weighted by atomic mass is 79.9. The van der Waals surface area contributed by atoms with Crippen LogP contribution in [-0.2, 0) is 6.54 Å². The summed E-state index contributed by atoms with van der Waals surface area (Å²) >= 11 is 3.33. The highest BCUT2D eigenvalue weighted by Gasteiger charge is 2.18. The molecule has 2 aromatic rings. The number of aromatic nitrogens is 3. The number of aryl methyl sites for hydroxylation is 1. The van der Waals surface area contributed by atoms with Gasteiger partial charge in [-0.3, -0.25) is 9.78 Å². The van der Waals surface area contributed by atoms with Crippen LogP contribution >= 0.6 is 15.9 Å². The third kappa shape index (κ3) is 2.44. The maximum absolute atomic E-state index is 12.2. The summed E-state index contributed by atoms with van der Waals surface area (Å²) in [6, 6.07) is 3.58. The lowest BCUT2D eigenvalue weighted by molar-refractivity contribution is 0.102. The van der Waals surface area contributed by atoms with E-state index in [0.29, 0.717) is 16.0 Å². The average Bonchev–Trinajstić information content (AvgIpc) is 2.78. The summed E-state index contributed by atoms with van der Waals surface area (Å²) in [4.78, 5) is 20.4. The van der Waals surface area contributed by atoms with Gasteiger partial charge >= 0.3 is 0 Å². The second kappa shape index (κ2) is 5.23. The Bertz CT molecular complexity index is 536. The van der Waals surface area contributed by atoms with E-state index in [1.165, 1.54) is 0 Å². The SMILES string of the molecule is CCCn1ccnc1C(=O)c1ncccc1Br. The van der Waals surface area contributed by atoms with Crippen molar-refractivity contribution in [3.63, 3.8) is 0 Å². The first-order valence-electron chi connectivity index (χ1n) is 5.40. The average molecular weight is 294 g/mol. The zero-order valence-electron chi connectivity index (χ0n) is 9.43. The van der Waals surface area contributed by atoms with Crippen molar-refractivity contribution < 1.29 is 4.79 Å². The van der Waals surface area contributed by atoms with Crippen molar-refractivity contribution in [2.24, 2.45) is 0 Å². The molecule has 17 heavy (non-hydrogen) atoms. The molecule has 0 radical (unpaired) electrons. The van der Waals surface area contributed by atoms with E-state index in [-0.39, 0.29) is 5.78 Å². The van der Waals surface area contributed by atoms with Crippen molar-refractivity contribution in [1.82, 2.24) is 14.5 Å². The first kappa shape index (κ1) is 12.0. The lowest BCUT2D eigenvalue weighted by Gasteiger charge is -2.05. The summed E-state index contributed by atoms with van der Waals surface area (Å²) < 4.78 is 2.54. The van der Waals surface area contributed by atoms with E-state index in [2.05, 4.69) is 32.8 Å². The molecule has 0 unspecified atom stereocenters. The van der Waals surface area contributed by atoms with Crippen molar-refractivity contribution in [2.45, 2.75) is 19.9 Å². The van der Waals surface area contributed by atoms with Crippen LogP contribution < -0.4 is 0 Å². The molecule has 0 bridgehead atoms. The van der Waals surface area contributed by atoms with E-state index in [0.717, 1.165) is 13.0 Å². The summed E-state index contributed by atoms with van der Waals surface area (Å²) in [7, 11) is 0. The lowest BCUT2D eigenvalue weighted by Crippen LogP contribution is -2.13. The number of hydrogen-bond acceptors (Lipinski definition) is 3. The molecule has 0 fully saturated rings. The Morgan fingerprint density at radius 1 is 1.41 bits per heavy atom. The zero-order valence-corrected chi connectivity index (χ0v) is 11.0. The Labute approximate surface area is 108 Å². The summed E-state index contributed by atoms with van der Waals surface area (Å²) in [6.07, 6.45) is 6.01. The Morgan fingerprint density at radius 3 is 2.94 bits per heavy atom. The largest absolute Gasteiger partial charge is 0.328 e. The van der Waals surface area contributed by atoms with Crippen LogP contribution in [0, 0.1) is 0 Å². The van der Waals surface area contributed by atoms with Gasteiger partial charge in [0.25, 0.3) is 0 Å². The van der Waals surface area contributed by atoms with E-state index in [9.17, 15) is 4.79 Å². The quantitative estimate of drug-likeness (QED) is 0.815. The van der Waals surface area contributed by atoms with Gasteiger partial charge in [0.05, 0.1) is 0 Å². The van der Waals surface area contributed by atoms with Crippen LogP contribution in [0.5, 0.6) is 0 Å². The smallest absolute Gasteiger partial charge is 0.247 e. The molecule has 0 aliphatic carbocycles. The fraction of sp³-hybridized carbons (Fsp3) is 0.250. The number of pyridine rings is 1. The maximum Gasteiger partial charge on any atom is 0.247 e. The van der Waals surface area contributed by atoms with Gasteiger partial charge in [0.2, 0.25) is 5.78 Å². The third-order valence-corrected chi connectivity index (χ3v) is 3.00. The molecule has 0 aliphatic heterocycles. The summed E-state index contributed by atoms with van der Waals surface area (Å²) in [5.74, 6) is 0.280. The van der Waals surface area contributed by atoms with Crippen molar-refractivity contribution in [1.29, 1.82) is 0 Å². The first-order chi connectivity index (χ1) is 8.24. The molecule has 2 rings (SSSR count). The molecule has 0 amide bonds. The van der Waals surface area contributed by atoms with Crippen molar-refractivity contribution in [2.75, 3.05) is 0 Å². The molecule has 0 aromatic carbocycles. The Hall–Kier alpha value is -1.49. The molecule has 0 saturated carbocycles. The van der Waals surface area contributed by atoms with Gasteiger partial charge in [-0.2, -0.15) is 0 Å². The number of rotatable bonds is 4. The highest BCUT2D eigenvalue weighted by molar-refractivity contribution is 9.10. The van der Waals surface area contributed by atoms with Crippen LogP contribution in [0.1, 0.15) is 29.7 Å². The lowest BCUT2D eigenvalue weighted by atomic mass is 10.2. The fourth-order valence-corrected chi connectivity index (χ4v) is 2.03. The Balaban J connectivity index is 2.37. The van der Waals surface area contributed by atoms with E-state index < -0.39 is 0 Å². The summed E-state index contributed by atoms with van der Waals surface area (Å²) in [5.41, 5.74) is 0.399. The molecule has 4 nitrogen and oxygen atoms in total. The van der Waals surface area contributed by atoms with Gasteiger partial charge in [-0.05, 0) is 34.5 Å². The van der Waals surface area contributed by atoms with Gasteiger partial charge in [-0.15, -0.1) is 0 Å². The van der Waals surface area contributed by atoms with Gasteiger partial charge in [0, 0.05) is 29.6 Å². The van der Waals surface area contributed by atoms with Gasteiger partial charge in [0.15, 0.2) is 5.82 Å². The number of ketones is 1.